The van der Waals surface area contributed by atoms with Gasteiger partial charge in [0, 0.05) is 19.1 Å². The smallest absolute Gasteiger partial charge is 0.0115 e. The van der Waals surface area contributed by atoms with E-state index in [1.807, 2.05) is 0 Å². The molecular weight excluding hydrogens is 340 g/mol. The van der Waals surface area contributed by atoms with Crippen molar-refractivity contribution < 1.29 is 0 Å². The van der Waals surface area contributed by atoms with E-state index in [4.69, 9.17) is 5.73 Å². The van der Waals surface area contributed by atoms with Crippen LogP contribution in [0.3, 0.4) is 0 Å². The van der Waals surface area contributed by atoms with Gasteiger partial charge in [0.25, 0.3) is 0 Å². The van der Waals surface area contributed by atoms with Gasteiger partial charge in [0.05, 0.1) is 0 Å². The molecule has 0 aromatic heterocycles. The van der Waals surface area contributed by atoms with Gasteiger partial charge < -0.3 is 10.6 Å². The van der Waals surface area contributed by atoms with E-state index in [0.29, 0.717) is 16.9 Å². The lowest BCUT2D eigenvalue weighted by Crippen LogP contribution is -2.59. The molecule has 1 aliphatic heterocycles. The first kappa shape index (κ1) is 19.1. The first-order valence-corrected chi connectivity index (χ1v) is 11.8. The lowest BCUT2D eigenvalue weighted by Gasteiger charge is -2.64. The summed E-state index contributed by atoms with van der Waals surface area (Å²) in [6.07, 6.45) is 9.88. The topological polar surface area (TPSA) is 29.3 Å². The average Bonchev–Trinajstić information content (AvgIpc) is 2.63. The summed E-state index contributed by atoms with van der Waals surface area (Å²) < 4.78 is 0. The highest BCUT2D eigenvalue weighted by Gasteiger charge is 2.59. The van der Waals surface area contributed by atoms with Crippen LogP contribution in [0.2, 0.25) is 0 Å². The molecule has 3 unspecified atom stereocenters. The van der Waals surface area contributed by atoms with Crippen molar-refractivity contribution in [3.63, 3.8) is 0 Å². The van der Waals surface area contributed by atoms with Gasteiger partial charge in [-0.1, -0.05) is 51.1 Å². The highest BCUT2D eigenvalue weighted by molar-refractivity contribution is 5.31. The summed E-state index contributed by atoms with van der Waals surface area (Å²) >= 11 is 0. The normalized spacial score (nSPS) is 45.1. The number of piperidine rings is 1. The summed E-state index contributed by atoms with van der Waals surface area (Å²) in [4.78, 5) is 2.78. The number of hydrogen-bond acceptors (Lipinski definition) is 2. The van der Waals surface area contributed by atoms with Crippen LogP contribution in [0, 0.1) is 28.6 Å². The van der Waals surface area contributed by atoms with Gasteiger partial charge in [-0.05, 0) is 91.1 Å². The Morgan fingerprint density at radius 3 is 2.61 bits per heavy atom. The molecule has 0 amide bonds. The molecule has 1 heterocycles. The summed E-state index contributed by atoms with van der Waals surface area (Å²) in [6.45, 7) is 11.0. The molecule has 3 aliphatic carbocycles. The number of nitrogens with two attached hydrogens (primary N) is 1. The van der Waals surface area contributed by atoms with Crippen molar-refractivity contribution in [1.82, 2.24) is 4.90 Å². The van der Waals surface area contributed by atoms with Crippen molar-refractivity contribution in [3.8, 4) is 0 Å². The number of likely N-dealkylation sites (tertiary alicyclic amines) is 1. The Kier molecular flexibility index (Phi) is 4.49. The van der Waals surface area contributed by atoms with E-state index in [9.17, 15) is 0 Å². The largest absolute Gasteiger partial charge is 0.327 e. The highest BCUT2D eigenvalue weighted by atomic mass is 15.2. The van der Waals surface area contributed by atoms with E-state index in [-0.39, 0.29) is 5.41 Å². The van der Waals surface area contributed by atoms with Crippen LogP contribution in [-0.4, -0.2) is 30.6 Å². The maximum atomic E-state index is 6.43. The minimum Gasteiger partial charge on any atom is -0.327 e. The van der Waals surface area contributed by atoms with Gasteiger partial charge in [0.15, 0.2) is 0 Å². The monoisotopic (exact) mass is 380 g/mol. The number of fused-ring (bicyclic) bond motifs is 2. The second kappa shape index (κ2) is 6.57. The van der Waals surface area contributed by atoms with Crippen molar-refractivity contribution in [2.75, 3.05) is 19.6 Å². The van der Waals surface area contributed by atoms with Gasteiger partial charge in [0.2, 0.25) is 0 Å². The highest BCUT2D eigenvalue weighted by Crippen LogP contribution is 2.66. The van der Waals surface area contributed by atoms with Gasteiger partial charge in [0.1, 0.15) is 0 Å². The van der Waals surface area contributed by atoms with Crippen LogP contribution in [0.15, 0.2) is 30.3 Å². The summed E-state index contributed by atoms with van der Waals surface area (Å²) in [5.74, 6) is 2.67. The van der Waals surface area contributed by atoms with Crippen LogP contribution in [0.25, 0.3) is 0 Å². The molecule has 1 saturated heterocycles. The second-order valence-corrected chi connectivity index (χ2v) is 12.0. The Balaban J connectivity index is 1.44. The number of rotatable bonds is 3. The van der Waals surface area contributed by atoms with Crippen LogP contribution in [0.4, 0.5) is 0 Å². The van der Waals surface area contributed by atoms with Crippen LogP contribution >= 0.6 is 0 Å². The van der Waals surface area contributed by atoms with Crippen LogP contribution in [0.5, 0.6) is 0 Å². The zero-order valence-electron chi connectivity index (χ0n) is 18.3. The zero-order chi connectivity index (χ0) is 19.6. The molecule has 28 heavy (non-hydrogen) atoms. The summed E-state index contributed by atoms with van der Waals surface area (Å²) in [5.41, 5.74) is 9.37. The molecule has 2 nitrogen and oxygen atoms in total. The van der Waals surface area contributed by atoms with E-state index < -0.39 is 0 Å². The number of nitrogens with zero attached hydrogens (tertiary/aromatic N) is 1. The Hall–Kier alpha value is -0.860. The molecule has 0 radical (unpaired) electrons. The Bertz CT molecular complexity index is 712. The van der Waals surface area contributed by atoms with Gasteiger partial charge in [-0.2, -0.15) is 0 Å². The molecule has 1 aromatic carbocycles. The third-order valence-electron chi connectivity index (χ3n) is 9.38. The van der Waals surface area contributed by atoms with Gasteiger partial charge in [-0.3, -0.25) is 0 Å². The lowest BCUT2D eigenvalue weighted by molar-refractivity contribution is -0.0896. The van der Waals surface area contributed by atoms with Crippen LogP contribution in [-0.2, 0) is 5.41 Å². The molecule has 6 atom stereocenters. The fourth-order valence-electron chi connectivity index (χ4n) is 8.27. The van der Waals surface area contributed by atoms with Crippen LogP contribution < -0.4 is 5.73 Å². The Morgan fingerprint density at radius 1 is 1.07 bits per heavy atom. The molecule has 4 fully saturated rings. The van der Waals surface area contributed by atoms with E-state index in [2.05, 4.69) is 56.0 Å². The maximum absolute atomic E-state index is 6.43. The molecule has 5 rings (SSSR count). The molecule has 0 spiro atoms. The van der Waals surface area contributed by atoms with Crippen molar-refractivity contribution in [2.45, 2.75) is 77.2 Å². The molecule has 2 heteroatoms. The zero-order valence-corrected chi connectivity index (χ0v) is 18.3. The predicted molar refractivity (Wildman–Crippen MR) is 117 cm³/mol. The Labute approximate surface area is 172 Å². The molecule has 1 aromatic rings. The molecule has 4 aliphatic rings. The van der Waals surface area contributed by atoms with Crippen molar-refractivity contribution >= 4 is 0 Å². The predicted octanol–water partition coefficient (Wildman–Crippen LogP) is 5.22. The summed E-state index contributed by atoms with van der Waals surface area (Å²) in [7, 11) is 0. The first-order valence-electron chi connectivity index (χ1n) is 11.8. The average molecular weight is 381 g/mol. The number of benzene rings is 1. The SMILES string of the molecule is CC1(C)CN(CC2CC3C[C@]4(C)CCC2[C@](c2ccccc2)(C3)C4)CC[C@H]1N. The van der Waals surface area contributed by atoms with Crippen molar-refractivity contribution in [3.05, 3.63) is 35.9 Å². The fraction of sp³-hybridized carbons (Fsp3) is 0.769. The van der Waals surface area contributed by atoms with Gasteiger partial charge in [-0.25, -0.2) is 0 Å². The van der Waals surface area contributed by atoms with E-state index in [0.717, 1.165) is 24.2 Å². The Morgan fingerprint density at radius 2 is 1.86 bits per heavy atom. The summed E-state index contributed by atoms with van der Waals surface area (Å²) in [6, 6.07) is 12.0. The maximum Gasteiger partial charge on any atom is 0.0115 e. The minimum absolute atomic E-state index is 0.255. The van der Waals surface area contributed by atoms with Gasteiger partial charge >= 0.3 is 0 Å². The fourth-order valence-corrected chi connectivity index (χ4v) is 8.27. The van der Waals surface area contributed by atoms with Crippen LogP contribution in [0.1, 0.15) is 71.3 Å². The molecule has 3 bridgehead atoms. The summed E-state index contributed by atoms with van der Waals surface area (Å²) in [5, 5.41) is 0. The number of hydrogen-bond donors (Lipinski definition) is 1. The standard InChI is InChI=1S/C26H40N2/c1-24(2)18-28(12-10-23(24)27)16-20-13-19-14-25(3)11-9-22(20)26(15-19,17-25)21-7-5-4-6-8-21/h4-8,19-20,22-23H,9-18,27H2,1-3H3/t19?,20?,22?,23-,25+,26-/m1/s1. The first-order chi connectivity index (χ1) is 13.3. The van der Waals surface area contributed by atoms with E-state index >= 15 is 0 Å². The van der Waals surface area contributed by atoms with Crippen molar-refractivity contribution in [2.24, 2.45) is 34.3 Å². The molecule has 3 saturated carbocycles. The third-order valence-corrected chi connectivity index (χ3v) is 9.38. The molecule has 2 N–H and O–H groups in total. The van der Waals surface area contributed by atoms with Gasteiger partial charge in [-0.15, -0.1) is 0 Å². The molecule has 154 valence electrons. The van der Waals surface area contributed by atoms with E-state index in [1.165, 1.54) is 58.2 Å². The molecular formula is C26H40N2. The van der Waals surface area contributed by atoms with Crippen molar-refractivity contribution in [1.29, 1.82) is 0 Å². The van der Waals surface area contributed by atoms with E-state index in [1.54, 1.807) is 5.56 Å². The quantitative estimate of drug-likeness (QED) is 0.779. The lowest BCUT2D eigenvalue weighted by atomic mass is 9.41. The third kappa shape index (κ3) is 3.06. The second-order valence-electron chi connectivity index (χ2n) is 12.0. The minimum atomic E-state index is 0.255.